The van der Waals surface area contributed by atoms with Crippen molar-refractivity contribution in [3.63, 3.8) is 0 Å². The van der Waals surface area contributed by atoms with Crippen molar-refractivity contribution in [2.45, 2.75) is 19.4 Å². The molecule has 5 heteroatoms. The van der Waals surface area contributed by atoms with Gasteiger partial charge in [-0.25, -0.2) is 4.98 Å². The Bertz CT molecular complexity index is 840. The molecule has 0 radical (unpaired) electrons. The molecule has 4 nitrogen and oxygen atoms in total. The number of carbonyl (C=O) groups is 1. The summed E-state index contributed by atoms with van der Waals surface area (Å²) in [6, 6.07) is 13.5. The maximum Gasteiger partial charge on any atom is 0.261 e. The fraction of sp³-hybridized carbons (Fsp3) is 0.200. The van der Waals surface area contributed by atoms with Gasteiger partial charge < -0.3 is 10.1 Å². The number of thiophene rings is 1. The maximum atomic E-state index is 12.3. The number of pyridine rings is 1. The van der Waals surface area contributed by atoms with E-state index in [4.69, 9.17) is 4.74 Å². The summed E-state index contributed by atoms with van der Waals surface area (Å²) < 4.78 is 5.71. The van der Waals surface area contributed by atoms with Gasteiger partial charge in [0.15, 0.2) is 0 Å². The molecular formula is C20H20N2O2S. The molecule has 0 bridgehead atoms. The van der Waals surface area contributed by atoms with Gasteiger partial charge in [-0.3, -0.25) is 4.79 Å². The smallest absolute Gasteiger partial charge is 0.261 e. The lowest BCUT2D eigenvalue weighted by Gasteiger charge is -2.08. The van der Waals surface area contributed by atoms with Gasteiger partial charge in [-0.1, -0.05) is 24.3 Å². The third-order valence-electron chi connectivity index (χ3n) is 3.69. The van der Waals surface area contributed by atoms with Crippen LogP contribution < -0.4 is 10.1 Å². The second kappa shape index (κ2) is 8.44. The summed E-state index contributed by atoms with van der Waals surface area (Å²) >= 11 is 1.40. The quantitative estimate of drug-likeness (QED) is 0.477. The number of benzene rings is 1. The number of fused-ring (bicyclic) bond motifs is 1. The van der Waals surface area contributed by atoms with Crippen molar-refractivity contribution < 1.29 is 9.53 Å². The topological polar surface area (TPSA) is 51.2 Å². The van der Waals surface area contributed by atoms with Gasteiger partial charge in [0.1, 0.15) is 10.6 Å². The summed E-state index contributed by atoms with van der Waals surface area (Å²) in [5, 5.41) is 3.95. The van der Waals surface area contributed by atoms with Crippen molar-refractivity contribution >= 4 is 27.5 Å². The Balaban J connectivity index is 1.57. The molecule has 0 aliphatic carbocycles. The fourth-order valence-corrected chi connectivity index (χ4v) is 3.33. The average Bonchev–Trinajstić information content (AvgIpc) is 3.08. The largest absolute Gasteiger partial charge is 0.494 e. The standard InChI is InChI=1S/C20H20N2O2S/c1-2-3-4-11-24-17-9-5-7-15(12-17)14-22-19(23)18-13-16-8-6-10-21-20(16)25-18/h2,5-10,12-13H,1,3-4,11,14H2,(H,22,23). The molecule has 0 aliphatic heterocycles. The van der Waals surface area contributed by atoms with Gasteiger partial charge in [-0.15, -0.1) is 17.9 Å². The second-order valence-electron chi connectivity index (χ2n) is 5.62. The summed E-state index contributed by atoms with van der Waals surface area (Å²) in [4.78, 5) is 18.2. The zero-order chi connectivity index (χ0) is 17.5. The van der Waals surface area contributed by atoms with E-state index in [1.165, 1.54) is 11.3 Å². The van der Waals surface area contributed by atoms with E-state index in [1.54, 1.807) is 6.20 Å². The Morgan fingerprint density at radius 2 is 2.20 bits per heavy atom. The number of nitrogens with zero attached hydrogens (tertiary/aromatic N) is 1. The van der Waals surface area contributed by atoms with Crippen LogP contribution in [0.5, 0.6) is 5.75 Å². The van der Waals surface area contributed by atoms with Crippen molar-refractivity contribution in [2.75, 3.05) is 6.61 Å². The van der Waals surface area contributed by atoms with E-state index in [9.17, 15) is 4.79 Å². The predicted molar refractivity (Wildman–Crippen MR) is 102 cm³/mol. The summed E-state index contributed by atoms with van der Waals surface area (Å²) in [5.74, 6) is 0.738. The number of ether oxygens (including phenoxy) is 1. The van der Waals surface area contributed by atoms with Crippen molar-refractivity contribution in [1.82, 2.24) is 10.3 Å². The molecule has 2 aromatic heterocycles. The Morgan fingerprint density at radius 3 is 3.04 bits per heavy atom. The monoisotopic (exact) mass is 352 g/mol. The number of amides is 1. The van der Waals surface area contributed by atoms with Crippen LogP contribution in [0.2, 0.25) is 0 Å². The highest BCUT2D eigenvalue weighted by Gasteiger charge is 2.10. The van der Waals surface area contributed by atoms with E-state index >= 15 is 0 Å². The first kappa shape index (κ1) is 17.2. The first-order valence-electron chi connectivity index (χ1n) is 8.21. The van der Waals surface area contributed by atoms with Crippen LogP contribution in [0.25, 0.3) is 10.2 Å². The predicted octanol–water partition coefficient (Wildman–Crippen LogP) is 4.57. The molecule has 25 heavy (non-hydrogen) atoms. The third-order valence-corrected chi connectivity index (χ3v) is 4.75. The van der Waals surface area contributed by atoms with E-state index in [2.05, 4.69) is 16.9 Å². The summed E-state index contributed by atoms with van der Waals surface area (Å²) in [6.45, 7) is 4.83. The van der Waals surface area contributed by atoms with E-state index in [0.717, 1.165) is 34.4 Å². The minimum atomic E-state index is -0.0831. The van der Waals surface area contributed by atoms with Crippen molar-refractivity contribution in [3.05, 3.63) is 71.8 Å². The molecule has 3 rings (SSSR count). The molecule has 0 saturated heterocycles. The number of nitrogens with one attached hydrogen (secondary N) is 1. The first-order valence-corrected chi connectivity index (χ1v) is 9.03. The molecule has 0 unspecified atom stereocenters. The zero-order valence-corrected chi connectivity index (χ0v) is 14.7. The molecule has 1 amide bonds. The highest BCUT2D eigenvalue weighted by molar-refractivity contribution is 7.20. The van der Waals surface area contributed by atoms with Crippen LogP contribution in [0.15, 0.2) is 61.3 Å². The molecule has 2 heterocycles. The van der Waals surface area contributed by atoms with Gasteiger partial charge in [0.2, 0.25) is 0 Å². The van der Waals surface area contributed by atoms with Crippen LogP contribution in [0.4, 0.5) is 0 Å². The Labute approximate surface area is 151 Å². The third kappa shape index (κ3) is 4.67. The lowest BCUT2D eigenvalue weighted by atomic mass is 10.2. The van der Waals surface area contributed by atoms with Crippen LogP contribution in [0.1, 0.15) is 28.1 Å². The lowest BCUT2D eigenvalue weighted by molar-refractivity contribution is 0.0955. The van der Waals surface area contributed by atoms with Crippen LogP contribution >= 0.6 is 11.3 Å². The van der Waals surface area contributed by atoms with Gasteiger partial charge >= 0.3 is 0 Å². The molecule has 3 aromatic rings. The second-order valence-corrected chi connectivity index (χ2v) is 6.65. The van der Waals surface area contributed by atoms with E-state index in [-0.39, 0.29) is 5.91 Å². The molecule has 0 fully saturated rings. The highest BCUT2D eigenvalue weighted by atomic mass is 32.1. The Morgan fingerprint density at radius 1 is 1.28 bits per heavy atom. The lowest BCUT2D eigenvalue weighted by Crippen LogP contribution is -2.21. The van der Waals surface area contributed by atoms with E-state index in [1.807, 2.05) is 48.5 Å². The van der Waals surface area contributed by atoms with Crippen molar-refractivity contribution in [2.24, 2.45) is 0 Å². The molecular weight excluding hydrogens is 332 g/mol. The molecule has 0 spiro atoms. The first-order chi connectivity index (χ1) is 12.3. The number of allylic oxidation sites excluding steroid dienone is 1. The molecule has 0 aliphatic rings. The number of aromatic nitrogens is 1. The minimum absolute atomic E-state index is 0.0831. The molecule has 1 N–H and O–H groups in total. The van der Waals surface area contributed by atoms with Crippen molar-refractivity contribution in [1.29, 1.82) is 0 Å². The number of rotatable bonds is 8. The van der Waals surface area contributed by atoms with Crippen molar-refractivity contribution in [3.8, 4) is 5.75 Å². The molecule has 128 valence electrons. The van der Waals surface area contributed by atoms with Gasteiger partial charge in [-0.2, -0.15) is 0 Å². The van der Waals surface area contributed by atoms with Crippen LogP contribution in [-0.4, -0.2) is 17.5 Å². The zero-order valence-electron chi connectivity index (χ0n) is 13.9. The number of hydrogen-bond acceptors (Lipinski definition) is 4. The van der Waals surface area contributed by atoms with Gasteiger partial charge in [-0.05, 0) is 42.7 Å². The summed E-state index contributed by atoms with van der Waals surface area (Å²) in [7, 11) is 0. The van der Waals surface area contributed by atoms with Crippen LogP contribution in [-0.2, 0) is 6.54 Å². The van der Waals surface area contributed by atoms with Gasteiger partial charge in [0.05, 0.1) is 11.5 Å². The minimum Gasteiger partial charge on any atom is -0.494 e. The SMILES string of the molecule is C=CCCCOc1cccc(CNC(=O)c2cc3cccnc3s2)c1. The van der Waals surface area contributed by atoms with Gasteiger partial charge in [0, 0.05) is 18.1 Å². The van der Waals surface area contributed by atoms with Crippen LogP contribution in [0, 0.1) is 0 Å². The number of unbranched alkanes of at least 4 members (excludes halogenated alkanes) is 1. The Kier molecular flexibility index (Phi) is 5.80. The molecule has 1 aromatic carbocycles. The molecule has 0 saturated carbocycles. The molecule has 0 atom stereocenters. The van der Waals surface area contributed by atoms with E-state index < -0.39 is 0 Å². The number of carbonyl (C=O) groups excluding carboxylic acids is 1. The highest BCUT2D eigenvalue weighted by Crippen LogP contribution is 2.23. The van der Waals surface area contributed by atoms with E-state index in [0.29, 0.717) is 18.0 Å². The van der Waals surface area contributed by atoms with Crippen LogP contribution in [0.3, 0.4) is 0 Å². The average molecular weight is 352 g/mol. The summed E-state index contributed by atoms with van der Waals surface area (Å²) in [5.41, 5.74) is 1.01. The normalized spacial score (nSPS) is 10.6. The summed E-state index contributed by atoms with van der Waals surface area (Å²) in [6.07, 6.45) is 5.52. The van der Waals surface area contributed by atoms with Gasteiger partial charge in [0.25, 0.3) is 5.91 Å². The number of hydrogen-bond donors (Lipinski definition) is 1. The maximum absolute atomic E-state index is 12.3. The Hall–Kier alpha value is -2.66. The fourth-order valence-electron chi connectivity index (χ4n) is 2.42.